The summed E-state index contributed by atoms with van der Waals surface area (Å²) in [5.41, 5.74) is -0.102. The molecular formula is C10H12BrN4O+. The van der Waals surface area contributed by atoms with Crippen LogP contribution in [0, 0.1) is 10.6 Å². The summed E-state index contributed by atoms with van der Waals surface area (Å²) in [5, 5.41) is 24.4. The third kappa shape index (κ3) is 3.28. The second-order valence-corrected chi connectivity index (χ2v) is 5.19. The first-order chi connectivity index (χ1) is 7.33. The van der Waals surface area contributed by atoms with Gasteiger partial charge in [-0.1, -0.05) is 15.9 Å². The van der Waals surface area contributed by atoms with Crippen molar-refractivity contribution in [3.8, 4) is 0 Å². The van der Waals surface area contributed by atoms with Gasteiger partial charge in [-0.3, -0.25) is 0 Å². The number of benzene rings is 1. The molecule has 0 amide bonds. The molecule has 0 aliphatic heterocycles. The van der Waals surface area contributed by atoms with Crippen LogP contribution in [0.1, 0.15) is 20.8 Å². The summed E-state index contributed by atoms with van der Waals surface area (Å²) in [5.74, 6) is 0. The second kappa shape index (κ2) is 4.58. The summed E-state index contributed by atoms with van der Waals surface area (Å²) < 4.78 is 0.722. The van der Waals surface area contributed by atoms with Crippen LogP contribution in [0.3, 0.4) is 0 Å². The molecule has 5 nitrogen and oxygen atoms in total. The van der Waals surface area contributed by atoms with Gasteiger partial charge in [0.1, 0.15) is 5.54 Å². The SMILES string of the molecule is CC(C)(C)N=[N+]([O-])c1cc(Br)ccc1[N+]#N. The molecule has 0 heterocycles. The molecule has 16 heavy (non-hydrogen) atoms. The zero-order valence-corrected chi connectivity index (χ0v) is 10.9. The molecule has 0 aromatic heterocycles. The highest BCUT2D eigenvalue weighted by Gasteiger charge is 2.25. The van der Waals surface area contributed by atoms with Gasteiger partial charge >= 0.3 is 11.4 Å². The van der Waals surface area contributed by atoms with E-state index in [4.69, 9.17) is 5.39 Å². The molecule has 0 saturated heterocycles. The van der Waals surface area contributed by atoms with Crippen molar-refractivity contribution >= 4 is 27.3 Å². The van der Waals surface area contributed by atoms with Gasteiger partial charge in [-0.05, 0) is 36.8 Å². The number of halogens is 1. The van der Waals surface area contributed by atoms with E-state index < -0.39 is 5.54 Å². The lowest BCUT2D eigenvalue weighted by Crippen LogP contribution is -2.12. The number of hydrogen-bond acceptors (Lipinski definition) is 3. The van der Waals surface area contributed by atoms with Crippen molar-refractivity contribution in [2.75, 3.05) is 0 Å². The Morgan fingerprint density at radius 2 is 2.06 bits per heavy atom. The predicted molar refractivity (Wildman–Crippen MR) is 64.4 cm³/mol. The average molecular weight is 284 g/mol. The Balaban J connectivity index is 3.28. The van der Waals surface area contributed by atoms with Crippen LogP contribution in [-0.4, -0.2) is 10.4 Å². The summed E-state index contributed by atoms with van der Waals surface area (Å²) in [6.07, 6.45) is 0. The minimum Gasteiger partial charge on any atom is -0.594 e. The fourth-order valence-corrected chi connectivity index (χ4v) is 1.41. The van der Waals surface area contributed by atoms with E-state index in [0.717, 1.165) is 4.47 Å². The maximum Gasteiger partial charge on any atom is 0.458 e. The first kappa shape index (κ1) is 12.6. The van der Waals surface area contributed by atoms with Gasteiger partial charge in [0.25, 0.3) is 0 Å². The van der Waals surface area contributed by atoms with Crippen LogP contribution in [-0.2, 0) is 0 Å². The zero-order valence-electron chi connectivity index (χ0n) is 9.31. The summed E-state index contributed by atoms with van der Waals surface area (Å²) in [6.45, 7) is 5.43. The van der Waals surface area contributed by atoms with Gasteiger partial charge in [-0.2, -0.15) is 0 Å². The Kier molecular flexibility index (Phi) is 3.60. The lowest BCUT2D eigenvalue weighted by Gasteiger charge is -2.08. The van der Waals surface area contributed by atoms with E-state index in [1.165, 1.54) is 6.07 Å². The molecule has 1 aromatic carbocycles. The Hall–Kier alpha value is -1.48. The standard InChI is InChI=1S/C10H12BrN4O/c1-10(2,3)14-15(16)9-6-7(11)4-5-8(9)13-12/h4-6H,1-3H3/q+1. The molecule has 0 atom stereocenters. The molecule has 84 valence electrons. The van der Waals surface area contributed by atoms with Crippen LogP contribution < -0.4 is 0 Å². The van der Waals surface area contributed by atoms with Crippen LogP contribution in [0.15, 0.2) is 27.8 Å². The fourth-order valence-electron chi connectivity index (χ4n) is 1.06. The number of azo groups is 1. The molecule has 0 bridgehead atoms. The number of rotatable bonds is 1. The summed E-state index contributed by atoms with van der Waals surface area (Å²) in [6, 6.07) is 4.77. The van der Waals surface area contributed by atoms with E-state index in [1.807, 2.05) is 20.8 Å². The Bertz CT molecular complexity index is 471. The van der Waals surface area contributed by atoms with Gasteiger partial charge in [0.2, 0.25) is 5.39 Å². The van der Waals surface area contributed by atoms with Crippen molar-refractivity contribution in [3.05, 3.63) is 32.9 Å². The van der Waals surface area contributed by atoms with E-state index in [2.05, 4.69) is 26.0 Å². The molecule has 0 aliphatic rings. The van der Waals surface area contributed by atoms with Crippen LogP contribution in [0.2, 0.25) is 0 Å². The molecule has 0 aliphatic carbocycles. The highest BCUT2D eigenvalue weighted by atomic mass is 79.9. The van der Waals surface area contributed by atoms with Gasteiger partial charge in [-0.15, -0.1) is 0 Å². The minimum absolute atomic E-state index is 0.186. The van der Waals surface area contributed by atoms with E-state index >= 15 is 0 Å². The third-order valence-electron chi connectivity index (χ3n) is 1.64. The Morgan fingerprint density at radius 3 is 2.56 bits per heavy atom. The van der Waals surface area contributed by atoms with Crippen molar-refractivity contribution in [1.82, 2.24) is 0 Å². The molecule has 0 radical (unpaired) electrons. The number of nitrogens with zero attached hydrogens (tertiary/aromatic N) is 4. The molecule has 0 fully saturated rings. The van der Waals surface area contributed by atoms with E-state index in [0.29, 0.717) is 4.86 Å². The predicted octanol–water partition coefficient (Wildman–Crippen LogP) is 4.33. The lowest BCUT2D eigenvalue weighted by molar-refractivity contribution is -0.448. The van der Waals surface area contributed by atoms with Gasteiger partial charge in [0, 0.05) is 16.6 Å². The monoisotopic (exact) mass is 283 g/mol. The van der Waals surface area contributed by atoms with Crippen molar-refractivity contribution in [2.24, 2.45) is 5.11 Å². The van der Waals surface area contributed by atoms with Crippen molar-refractivity contribution in [3.63, 3.8) is 0 Å². The Labute approximate surface area is 102 Å². The first-order valence-corrected chi connectivity index (χ1v) is 5.47. The van der Waals surface area contributed by atoms with Gasteiger partial charge in [0.05, 0.1) is 0 Å². The van der Waals surface area contributed by atoms with Crippen LogP contribution in [0.5, 0.6) is 0 Å². The first-order valence-electron chi connectivity index (χ1n) is 4.68. The van der Waals surface area contributed by atoms with Crippen LogP contribution in [0.4, 0.5) is 11.4 Å². The van der Waals surface area contributed by atoms with E-state index in [-0.39, 0.29) is 11.4 Å². The summed E-state index contributed by atoms with van der Waals surface area (Å²) in [4.78, 5) is 3.51. The second-order valence-electron chi connectivity index (χ2n) is 4.28. The largest absolute Gasteiger partial charge is 0.594 e. The summed E-state index contributed by atoms with van der Waals surface area (Å²) >= 11 is 3.24. The van der Waals surface area contributed by atoms with Crippen molar-refractivity contribution < 1.29 is 4.86 Å². The highest BCUT2D eigenvalue weighted by molar-refractivity contribution is 9.10. The quantitative estimate of drug-likeness (QED) is 0.333. The lowest BCUT2D eigenvalue weighted by atomic mass is 10.1. The van der Waals surface area contributed by atoms with E-state index in [9.17, 15) is 5.21 Å². The molecule has 1 rings (SSSR count). The third-order valence-corrected chi connectivity index (χ3v) is 2.14. The molecule has 6 heteroatoms. The highest BCUT2D eigenvalue weighted by Crippen LogP contribution is 2.31. The maximum atomic E-state index is 11.8. The van der Waals surface area contributed by atoms with Gasteiger partial charge in [-0.25, -0.2) is 0 Å². The average Bonchev–Trinajstić information content (AvgIpc) is 2.15. The number of diazo groups is 1. The Morgan fingerprint density at radius 1 is 1.44 bits per heavy atom. The van der Waals surface area contributed by atoms with Gasteiger partial charge in [0.15, 0.2) is 4.98 Å². The van der Waals surface area contributed by atoms with Crippen LogP contribution >= 0.6 is 15.9 Å². The smallest absolute Gasteiger partial charge is 0.458 e. The molecule has 0 N–H and O–H groups in total. The minimum atomic E-state index is -0.489. The van der Waals surface area contributed by atoms with Crippen molar-refractivity contribution in [2.45, 2.75) is 26.3 Å². The van der Waals surface area contributed by atoms with Gasteiger partial charge < -0.3 is 5.21 Å². The maximum absolute atomic E-state index is 11.8. The molecule has 1 aromatic rings. The summed E-state index contributed by atoms with van der Waals surface area (Å²) in [7, 11) is 0. The molecular weight excluding hydrogens is 272 g/mol. The zero-order chi connectivity index (χ0) is 12.3. The van der Waals surface area contributed by atoms with E-state index in [1.54, 1.807) is 12.1 Å². The number of hydrogen-bond donors (Lipinski definition) is 0. The topological polar surface area (TPSA) is 66.6 Å². The molecule has 0 spiro atoms. The normalized spacial score (nSPS) is 12.3. The van der Waals surface area contributed by atoms with Crippen LogP contribution in [0.25, 0.3) is 4.98 Å². The molecule has 0 saturated carbocycles. The van der Waals surface area contributed by atoms with Crippen molar-refractivity contribution in [1.29, 1.82) is 5.39 Å². The molecule has 0 unspecified atom stereocenters. The fraction of sp³-hybridized carbons (Fsp3) is 0.400.